The van der Waals surface area contributed by atoms with Crippen molar-refractivity contribution in [1.29, 1.82) is 0 Å². The van der Waals surface area contributed by atoms with Gasteiger partial charge in [-0.25, -0.2) is 9.97 Å². The number of hydrogen-bond donors (Lipinski definition) is 0. The van der Waals surface area contributed by atoms with Crippen molar-refractivity contribution in [3.63, 3.8) is 0 Å². The molecule has 0 atom stereocenters. The van der Waals surface area contributed by atoms with Crippen LogP contribution in [0.4, 0.5) is 0 Å². The minimum atomic E-state index is 0.513. The molecule has 14 rings (SSSR count). The van der Waals surface area contributed by atoms with Crippen LogP contribution in [0.1, 0.15) is 0 Å². The highest BCUT2D eigenvalue weighted by Gasteiger charge is 2.24. The first-order chi connectivity index (χ1) is 32.7. The van der Waals surface area contributed by atoms with Crippen molar-refractivity contribution >= 4 is 76.6 Å². The summed E-state index contributed by atoms with van der Waals surface area (Å²) in [5.41, 5.74) is 12.9. The quantitative estimate of drug-likeness (QED) is 0.166. The molecule has 308 valence electrons. The minimum Gasteiger partial charge on any atom is -0.456 e. The summed E-state index contributed by atoms with van der Waals surface area (Å²) in [7, 11) is 0. The van der Waals surface area contributed by atoms with Crippen molar-refractivity contribution in [3.8, 4) is 57.0 Å². The van der Waals surface area contributed by atoms with Gasteiger partial charge in [0.05, 0.1) is 22.1 Å². The van der Waals surface area contributed by atoms with Gasteiger partial charge in [-0.3, -0.25) is 4.57 Å². The van der Waals surface area contributed by atoms with Crippen LogP contribution in [0.3, 0.4) is 0 Å². The highest BCUT2D eigenvalue weighted by atomic mass is 16.3. The number of oxazole rings is 1. The Kier molecular flexibility index (Phi) is 7.81. The largest absolute Gasteiger partial charge is 0.456 e. The van der Waals surface area contributed by atoms with E-state index in [1.807, 2.05) is 97.1 Å². The lowest BCUT2D eigenvalue weighted by atomic mass is 10.0. The third-order valence-corrected chi connectivity index (χ3v) is 12.8. The van der Waals surface area contributed by atoms with Crippen molar-refractivity contribution in [2.75, 3.05) is 0 Å². The summed E-state index contributed by atoms with van der Waals surface area (Å²) >= 11 is 0. The van der Waals surface area contributed by atoms with Gasteiger partial charge in [0.2, 0.25) is 11.8 Å². The molecule has 0 spiro atoms. The van der Waals surface area contributed by atoms with Gasteiger partial charge in [0, 0.05) is 60.3 Å². The average Bonchev–Trinajstić information content (AvgIpc) is 4.16. The lowest BCUT2D eigenvalue weighted by molar-refractivity contribution is 0.621. The summed E-state index contributed by atoms with van der Waals surface area (Å²) in [6.45, 7) is 0. The van der Waals surface area contributed by atoms with E-state index in [1.54, 1.807) is 0 Å². The van der Waals surface area contributed by atoms with Crippen molar-refractivity contribution < 1.29 is 8.83 Å². The molecule has 5 heterocycles. The predicted octanol–water partition coefficient (Wildman–Crippen LogP) is 14.8. The molecule has 0 aliphatic carbocycles. The normalized spacial score (nSPS) is 11.9. The number of furan rings is 1. The Labute approximate surface area is 376 Å². The van der Waals surface area contributed by atoms with Crippen LogP contribution in [0.2, 0.25) is 0 Å². The van der Waals surface area contributed by atoms with E-state index in [1.165, 1.54) is 0 Å². The molecule has 5 aromatic heterocycles. The number of rotatable bonds is 6. The Morgan fingerprint density at radius 3 is 1.71 bits per heavy atom. The van der Waals surface area contributed by atoms with Gasteiger partial charge in [-0.05, 0) is 66.2 Å². The van der Waals surface area contributed by atoms with Crippen LogP contribution in [0, 0.1) is 0 Å². The highest BCUT2D eigenvalue weighted by Crippen LogP contribution is 2.43. The Morgan fingerprint density at radius 1 is 0.348 bits per heavy atom. The van der Waals surface area contributed by atoms with Crippen LogP contribution in [0.25, 0.3) is 134 Å². The van der Waals surface area contributed by atoms with Crippen molar-refractivity contribution in [3.05, 3.63) is 206 Å². The molecular formula is C58H34N6O2. The van der Waals surface area contributed by atoms with E-state index in [-0.39, 0.29) is 0 Å². The molecule has 0 aliphatic rings. The van der Waals surface area contributed by atoms with Crippen LogP contribution in [-0.4, -0.2) is 29.1 Å². The Balaban J connectivity index is 1.04. The molecule has 0 bridgehead atoms. The van der Waals surface area contributed by atoms with Gasteiger partial charge in [-0.15, -0.1) is 0 Å². The number of nitrogens with zero attached hydrogens (tertiary/aromatic N) is 6. The van der Waals surface area contributed by atoms with Crippen LogP contribution in [0.5, 0.6) is 0 Å². The van der Waals surface area contributed by atoms with E-state index in [0.29, 0.717) is 23.5 Å². The first-order valence-electron chi connectivity index (χ1n) is 22.0. The summed E-state index contributed by atoms with van der Waals surface area (Å²) in [4.78, 5) is 20.8. The summed E-state index contributed by atoms with van der Waals surface area (Å²) in [6.07, 6.45) is 0. The maximum atomic E-state index is 6.54. The van der Waals surface area contributed by atoms with Crippen LogP contribution in [-0.2, 0) is 0 Å². The zero-order valence-corrected chi connectivity index (χ0v) is 35.1. The second-order valence-electron chi connectivity index (χ2n) is 16.6. The topological polar surface area (TPSA) is 87.7 Å². The molecule has 0 saturated carbocycles. The maximum absolute atomic E-state index is 6.54. The van der Waals surface area contributed by atoms with E-state index < -0.39 is 0 Å². The lowest BCUT2D eigenvalue weighted by Crippen LogP contribution is -2.07. The summed E-state index contributed by atoms with van der Waals surface area (Å²) in [5, 5.41) is 6.56. The second-order valence-corrected chi connectivity index (χ2v) is 16.6. The van der Waals surface area contributed by atoms with E-state index in [2.05, 4.69) is 118 Å². The van der Waals surface area contributed by atoms with Crippen molar-refractivity contribution in [2.24, 2.45) is 0 Å². The molecule has 8 heteroatoms. The van der Waals surface area contributed by atoms with Gasteiger partial charge in [-0.1, -0.05) is 146 Å². The molecule has 0 saturated heterocycles. The first kappa shape index (κ1) is 36.4. The van der Waals surface area contributed by atoms with E-state index in [9.17, 15) is 0 Å². The minimum absolute atomic E-state index is 0.513. The zero-order valence-electron chi connectivity index (χ0n) is 35.1. The first-order valence-corrected chi connectivity index (χ1v) is 22.0. The summed E-state index contributed by atoms with van der Waals surface area (Å²) in [6, 6.07) is 71.0. The predicted molar refractivity (Wildman–Crippen MR) is 265 cm³/mol. The van der Waals surface area contributed by atoms with Gasteiger partial charge in [0.15, 0.2) is 17.2 Å². The monoisotopic (exact) mass is 846 g/mol. The van der Waals surface area contributed by atoms with Gasteiger partial charge in [0.25, 0.3) is 0 Å². The van der Waals surface area contributed by atoms with E-state index >= 15 is 0 Å². The number of aromatic nitrogens is 6. The van der Waals surface area contributed by atoms with Crippen molar-refractivity contribution in [2.45, 2.75) is 0 Å². The summed E-state index contributed by atoms with van der Waals surface area (Å²) in [5.74, 6) is 2.23. The lowest BCUT2D eigenvalue weighted by Gasteiger charge is -2.14. The summed E-state index contributed by atoms with van der Waals surface area (Å²) < 4.78 is 17.5. The molecule has 14 aromatic rings. The molecular weight excluding hydrogens is 813 g/mol. The molecule has 0 aliphatic heterocycles. The highest BCUT2D eigenvalue weighted by molar-refractivity contribution is 6.23. The number of hydrogen-bond acceptors (Lipinski definition) is 6. The molecule has 9 aromatic carbocycles. The molecule has 66 heavy (non-hydrogen) atoms. The Morgan fingerprint density at radius 2 is 0.939 bits per heavy atom. The molecule has 0 N–H and O–H groups in total. The van der Waals surface area contributed by atoms with Gasteiger partial charge in [0.1, 0.15) is 16.7 Å². The third kappa shape index (κ3) is 5.52. The third-order valence-electron chi connectivity index (χ3n) is 12.8. The molecule has 0 unspecified atom stereocenters. The number of fused-ring (bicyclic) bond motifs is 11. The number of para-hydroxylation sites is 4. The molecule has 0 fully saturated rings. The van der Waals surface area contributed by atoms with Crippen LogP contribution in [0.15, 0.2) is 215 Å². The van der Waals surface area contributed by atoms with Gasteiger partial charge >= 0.3 is 0 Å². The molecule has 0 amide bonds. The van der Waals surface area contributed by atoms with Gasteiger partial charge in [-0.2, -0.15) is 9.97 Å². The smallest absolute Gasteiger partial charge is 0.238 e. The molecule has 0 radical (unpaired) electrons. The Hall–Kier alpha value is -9.14. The van der Waals surface area contributed by atoms with Crippen molar-refractivity contribution in [1.82, 2.24) is 29.1 Å². The maximum Gasteiger partial charge on any atom is 0.238 e. The number of benzene rings is 9. The Bertz CT molecular complexity index is 4240. The van der Waals surface area contributed by atoms with Crippen LogP contribution >= 0.6 is 0 Å². The fourth-order valence-electron chi connectivity index (χ4n) is 9.84. The zero-order chi connectivity index (χ0) is 43.3. The van der Waals surface area contributed by atoms with Crippen LogP contribution < -0.4 is 0 Å². The standard InChI is InChI=1S/C58H34N6O2/c1-3-15-35(16-4-1)55-60-56(38-29-30-44-43-23-9-12-28-50(43)65-51(44)34-38)62-58(61-55)64-49-27-11-8-22-42(49)46-32-31-45-41-21-7-10-26-48(41)63(52(45)53(46)64)39-20-13-19-37(33-39)40-24-14-25-47-54(40)66-57(59-47)36-17-5-2-6-18-36/h1-34H. The fourth-order valence-corrected chi connectivity index (χ4v) is 9.84. The SMILES string of the molecule is c1ccc(-c2nc(-c3ccc4c(c3)oc3ccccc34)nc(-n3c4ccccc4c4ccc5c6ccccc6n(-c6cccc(-c7cccc8nc(-c9ccccc9)oc78)c6)c5c43)n2)cc1. The van der Waals surface area contributed by atoms with Gasteiger partial charge < -0.3 is 13.4 Å². The average molecular weight is 847 g/mol. The van der Waals surface area contributed by atoms with E-state index in [0.717, 1.165) is 110 Å². The van der Waals surface area contributed by atoms with E-state index in [4.69, 9.17) is 28.8 Å². The molecule has 8 nitrogen and oxygen atoms in total. The fraction of sp³-hybridized carbons (Fsp3) is 0. The second kappa shape index (κ2) is 14.2.